The fraction of sp³-hybridized carbons (Fsp3) is 1.00. The summed E-state index contributed by atoms with van der Waals surface area (Å²) >= 11 is 0. The molecule has 11 heavy (non-hydrogen) atoms. The molecule has 3 nitrogen and oxygen atoms in total. The molecule has 68 valence electrons. The highest BCUT2D eigenvalue weighted by molar-refractivity contribution is 7.39. The maximum Gasteiger partial charge on any atom is 0.415 e. The van der Waals surface area contributed by atoms with Gasteiger partial charge in [-0.25, -0.2) is 0 Å². The van der Waals surface area contributed by atoms with Gasteiger partial charge in [-0.3, -0.25) is 4.52 Å². The number of rotatable bonds is 3. The van der Waals surface area contributed by atoms with Crippen LogP contribution in [0.1, 0.15) is 13.3 Å². The summed E-state index contributed by atoms with van der Waals surface area (Å²) in [5.41, 5.74) is 0. The molecule has 1 unspecified atom stereocenters. The Bertz CT molecular complexity index is 116. The second-order valence-electron chi connectivity index (χ2n) is 1.80. The largest absolute Gasteiger partial charge is 0.415 e. The van der Waals surface area contributed by atoms with Gasteiger partial charge >= 0.3 is 14.8 Å². The third kappa shape index (κ3) is 4.53. The first-order valence-corrected chi connectivity index (χ1v) is 3.95. The van der Waals surface area contributed by atoms with E-state index in [4.69, 9.17) is 9.79 Å². The van der Waals surface area contributed by atoms with Crippen LogP contribution in [0.15, 0.2) is 0 Å². The minimum Gasteiger partial charge on any atom is -0.328 e. The van der Waals surface area contributed by atoms with Crippen molar-refractivity contribution in [2.24, 2.45) is 0 Å². The highest BCUT2D eigenvalue weighted by Crippen LogP contribution is 2.35. The van der Waals surface area contributed by atoms with E-state index in [-0.39, 0.29) is 6.42 Å². The van der Waals surface area contributed by atoms with Crippen molar-refractivity contribution in [1.82, 2.24) is 0 Å². The van der Waals surface area contributed by atoms with Crippen molar-refractivity contribution in [3.8, 4) is 0 Å². The molecule has 1 atom stereocenters. The molecule has 7 heteroatoms. The predicted octanol–water partition coefficient (Wildman–Crippen LogP) is 1.56. The molecular formula is C4H8F3O3P. The molecule has 0 radical (unpaired) electrons. The topological polar surface area (TPSA) is 49.7 Å². The lowest BCUT2D eigenvalue weighted by Crippen LogP contribution is -2.29. The van der Waals surface area contributed by atoms with Crippen LogP contribution in [0.5, 0.6) is 0 Å². The minimum absolute atomic E-state index is 0.330. The zero-order valence-corrected chi connectivity index (χ0v) is 6.56. The molecule has 0 aromatic rings. The summed E-state index contributed by atoms with van der Waals surface area (Å²) in [5, 5.41) is 0. The Morgan fingerprint density at radius 3 is 2.00 bits per heavy atom. The summed E-state index contributed by atoms with van der Waals surface area (Å²) in [6, 6.07) is 0. The van der Waals surface area contributed by atoms with Crippen LogP contribution >= 0.6 is 8.60 Å². The number of halogens is 3. The average molecular weight is 192 g/mol. The summed E-state index contributed by atoms with van der Waals surface area (Å²) in [6.07, 6.45) is -6.94. The van der Waals surface area contributed by atoms with Gasteiger partial charge in [-0.05, 0) is 6.42 Å². The molecule has 0 aliphatic heterocycles. The van der Waals surface area contributed by atoms with Crippen LogP contribution < -0.4 is 0 Å². The summed E-state index contributed by atoms with van der Waals surface area (Å²) in [4.78, 5) is 16.2. The van der Waals surface area contributed by atoms with E-state index >= 15 is 0 Å². The summed E-state index contributed by atoms with van der Waals surface area (Å²) in [7, 11) is -2.93. The maximum absolute atomic E-state index is 11.7. The Morgan fingerprint density at radius 2 is 1.91 bits per heavy atom. The summed E-state index contributed by atoms with van der Waals surface area (Å²) in [6.45, 7) is 1.25. The molecule has 0 rings (SSSR count). The van der Waals surface area contributed by atoms with Crippen LogP contribution in [0, 0.1) is 0 Å². The Balaban J connectivity index is 3.96. The van der Waals surface area contributed by atoms with Crippen molar-refractivity contribution in [1.29, 1.82) is 0 Å². The zero-order valence-electron chi connectivity index (χ0n) is 5.67. The van der Waals surface area contributed by atoms with Crippen LogP contribution in [0.3, 0.4) is 0 Å². The minimum atomic E-state index is -4.53. The maximum atomic E-state index is 11.7. The predicted molar refractivity (Wildman–Crippen MR) is 32.6 cm³/mol. The van der Waals surface area contributed by atoms with Gasteiger partial charge in [0.15, 0.2) is 6.10 Å². The van der Waals surface area contributed by atoms with E-state index in [0.717, 1.165) is 0 Å². The van der Waals surface area contributed by atoms with Gasteiger partial charge < -0.3 is 9.79 Å². The van der Waals surface area contributed by atoms with Crippen molar-refractivity contribution >= 4 is 8.60 Å². The van der Waals surface area contributed by atoms with Crippen LogP contribution in [0.2, 0.25) is 0 Å². The molecule has 2 N–H and O–H groups in total. The van der Waals surface area contributed by atoms with Crippen LogP contribution in [-0.2, 0) is 4.52 Å². The van der Waals surface area contributed by atoms with Crippen LogP contribution in [-0.4, -0.2) is 22.1 Å². The first-order valence-electron chi connectivity index (χ1n) is 2.79. The molecule has 0 fully saturated rings. The van der Waals surface area contributed by atoms with Gasteiger partial charge in [0.1, 0.15) is 0 Å². The molecule has 0 amide bonds. The standard InChI is InChI=1S/C4H8F3O3P/c1-2-3(4(5,6)7)10-11(8)9/h3,8-9H,2H2,1H3. The Labute approximate surface area is 62.8 Å². The van der Waals surface area contributed by atoms with E-state index in [2.05, 4.69) is 4.52 Å². The van der Waals surface area contributed by atoms with Gasteiger partial charge in [0.05, 0.1) is 0 Å². The second kappa shape index (κ2) is 4.21. The first-order chi connectivity index (χ1) is 4.88. The lowest BCUT2D eigenvalue weighted by atomic mass is 10.3. The second-order valence-corrected chi connectivity index (χ2v) is 2.51. The van der Waals surface area contributed by atoms with E-state index in [0.29, 0.717) is 0 Å². The quantitative estimate of drug-likeness (QED) is 0.667. The van der Waals surface area contributed by atoms with Gasteiger partial charge in [-0.15, -0.1) is 0 Å². The fourth-order valence-corrected chi connectivity index (χ4v) is 0.976. The number of hydrogen-bond acceptors (Lipinski definition) is 3. The van der Waals surface area contributed by atoms with Crippen molar-refractivity contribution in [3.05, 3.63) is 0 Å². The SMILES string of the molecule is CCC(OP(O)O)C(F)(F)F. The van der Waals surface area contributed by atoms with Gasteiger partial charge in [-0.1, -0.05) is 6.92 Å². The molecule has 0 saturated heterocycles. The summed E-state index contributed by atoms with van der Waals surface area (Å²) in [5.74, 6) is 0. The zero-order chi connectivity index (χ0) is 9.07. The van der Waals surface area contributed by atoms with Crippen molar-refractivity contribution in [2.45, 2.75) is 25.6 Å². The van der Waals surface area contributed by atoms with E-state index in [1.165, 1.54) is 6.92 Å². The molecule has 0 spiro atoms. The Hall–Kier alpha value is 0.100. The number of alkyl halides is 3. The van der Waals surface area contributed by atoms with Gasteiger partial charge in [0.2, 0.25) is 0 Å². The number of hydrogen-bond donors (Lipinski definition) is 2. The smallest absolute Gasteiger partial charge is 0.328 e. The molecule has 0 saturated carbocycles. The highest BCUT2D eigenvalue weighted by atomic mass is 31.2. The lowest BCUT2D eigenvalue weighted by molar-refractivity contribution is -0.197. The van der Waals surface area contributed by atoms with Crippen molar-refractivity contribution in [3.63, 3.8) is 0 Å². The first kappa shape index (κ1) is 11.1. The molecule has 0 aliphatic carbocycles. The lowest BCUT2D eigenvalue weighted by Gasteiger charge is -2.18. The van der Waals surface area contributed by atoms with Gasteiger partial charge in [0, 0.05) is 0 Å². The highest BCUT2D eigenvalue weighted by Gasteiger charge is 2.40. The molecule has 0 heterocycles. The molecular weight excluding hydrogens is 184 g/mol. The van der Waals surface area contributed by atoms with Crippen molar-refractivity contribution < 1.29 is 27.5 Å². The normalized spacial score (nSPS) is 15.5. The fourth-order valence-electron chi connectivity index (χ4n) is 0.480. The van der Waals surface area contributed by atoms with E-state index in [1.54, 1.807) is 0 Å². The molecule has 0 aliphatic rings. The van der Waals surface area contributed by atoms with E-state index in [1.807, 2.05) is 0 Å². The third-order valence-electron chi connectivity index (χ3n) is 0.957. The Morgan fingerprint density at radius 1 is 1.45 bits per heavy atom. The summed E-state index contributed by atoms with van der Waals surface area (Å²) < 4.78 is 39.0. The molecule has 0 aromatic carbocycles. The van der Waals surface area contributed by atoms with Crippen LogP contribution in [0.4, 0.5) is 13.2 Å². The molecule has 0 bridgehead atoms. The van der Waals surface area contributed by atoms with Gasteiger partial charge in [-0.2, -0.15) is 13.2 Å². The molecule has 0 aromatic heterocycles. The third-order valence-corrected chi connectivity index (χ3v) is 1.40. The average Bonchev–Trinajstić information content (AvgIpc) is 1.79. The van der Waals surface area contributed by atoms with Crippen LogP contribution in [0.25, 0.3) is 0 Å². The monoisotopic (exact) mass is 192 g/mol. The Kier molecular flexibility index (Phi) is 4.25. The van der Waals surface area contributed by atoms with E-state index in [9.17, 15) is 13.2 Å². The van der Waals surface area contributed by atoms with Crippen molar-refractivity contribution in [2.75, 3.05) is 0 Å². The van der Waals surface area contributed by atoms with E-state index < -0.39 is 20.9 Å². The van der Waals surface area contributed by atoms with Gasteiger partial charge in [0.25, 0.3) is 0 Å².